The summed E-state index contributed by atoms with van der Waals surface area (Å²) in [4.78, 5) is 238. The van der Waals surface area contributed by atoms with Crippen LogP contribution in [0.15, 0.2) is 103 Å². The number of carbonyl (C=O) groups is 17. The van der Waals surface area contributed by atoms with Crippen molar-refractivity contribution in [1.82, 2.24) is 94.5 Å². The number of phenolic OH excluding ortho intramolecular Hbond substituents is 2. The van der Waals surface area contributed by atoms with Crippen molar-refractivity contribution in [3.63, 3.8) is 0 Å². The van der Waals surface area contributed by atoms with Gasteiger partial charge in [0.05, 0.1) is 82.2 Å². The number of benzene rings is 4. The van der Waals surface area contributed by atoms with Crippen molar-refractivity contribution in [3.8, 4) is 22.6 Å². The van der Waals surface area contributed by atoms with E-state index >= 15 is 14.4 Å². The Balaban J connectivity index is 0.0000150. The molecule has 2 saturated heterocycles. The molecule has 2 heterocycles. The van der Waals surface area contributed by atoms with Crippen molar-refractivity contribution >= 4 is 122 Å². The molecule has 0 spiro atoms. The van der Waals surface area contributed by atoms with E-state index < -0.39 is 186 Å². The summed E-state index contributed by atoms with van der Waals surface area (Å²) in [6.07, 6.45) is -3.58. The Morgan fingerprint density at radius 1 is 0.511 bits per heavy atom. The molecule has 0 aliphatic carbocycles. The van der Waals surface area contributed by atoms with Crippen LogP contribution in [0.4, 0.5) is 0 Å². The van der Waals surface area contributed by atoms with Crippen LogP contribution < -0.4 is 79.8 Å². The zero-order chi connectivity index (χ0) is 94.5. The maximum atomic E-state index is 15.2. The summed E-state index contributed by atoms with van der Waals surface area (Å²) >= 11 is 0. The fourth-order valence-electron chi connectivity index (χ4n) is 13.4. The molecule has 0 bridgehead atoms. The quantitative estimate of drug-likeness (QED) is 0.0113. The Hall–Kier alpha value is -7.25. The van der Waals surface area contributed by atoms with Crippen LogP contribution in [-0.4, -0.2) is 326 Å². The molecule has 0 radical (unpaired) electrons. The second kappa shape index (κ2) is 66.3. The number of rotatable bonds is 44. The molecule has 16 amide bonds. The predicted octanol–water partition coefficient (Wildman–Crippen LogP) is -4.25. The van der Waals surface area contributed by atoms with E-state index in [1.54, 1.807) is 47.9 Å². The molecular formula is C86H118Gd4N18O23S2-4. The number of ether oxygens (including phenoxy) is 2. The predicted molar refractivity (Wildman–Crippen MR) is 475 cm³/mol. The SMILES string of the molecule is [CH2-]C(=O)NCCN(CCNC([CH2-])=O)CC(=O)NCCOCCOCCNC(=O)[C@H](Cc1ccc(-c2ccccc2)cc1)NC(=O)[C@@H]1CSSC[C@H](NC(=O)[C@@H]2CCCN2C(=O)C(CC(C)C)NC(=O)CN(CCNC([CH2-])=O)CCNC([CH2-])=O)C(=O)N[C@@H](CC(=O)O)C(=O)N[C@@H](Cc2ccc(O)cc2)C(=O)N[C@@H](Cc2ccc(O)cc2)C(=O)NCC(=O)N[C@@H](C(C)O)C(=O)N1.[Gd].[Gd].[Gd].[Gd]. The van der Waals surface area contributed by atoms with E-state index in [-0.39, 0.29) is 327 Å². The van der Waals surface area contributed by atoms with Gasteiger partial charge in [0, 0.05) is 263 Å². The first-order valence-corrected chi connectivity index (χ1v) is 44.4. The van der Waals surface area contributed by atoms with Gasteiger partial charge in [0.2, 0.25) is 70.9 Å². The molecule has 47 heteroatoms. The van der Waals surface area contributed by atoms with Crippen LogP contribution in [-0.2, 0) is 110 Å². The molecular weight excluding hydrogens is 2350 g/mol. The molecule has 2 unspecified atom stereocenters. The van der Waals surface area contributed by atoms with Gasteiger partial charge in [-0.15, -0.1) is 0 Å². The summed E-state index contributed by atoms with van der Waals surface area (Å²) in [5.41, 5.74) is 2.85. The van der Waals surface area contributed by atoms with E-state index in [1.807, 2.05) is 30.3 Å². The number of aromatic hydroxyl groups is 2. The zero-order valence-corrected chi connectivity index (χ0v) is 84.4. The van der Waals surface area contributed by atoms with Crippen LogP contribution in [0.2, 0.25) is 0 Å². The van der Waals surface area contributed by atoms with Crippen molar-refractivity contribution < 1.29 is 271 Å². The fraction of sp³-hybridized carbons (Fsp3) is 0.477. The molecule has 738 valence electrons. The molecule has 4 aromatic carbocycles. The minimum Gasteiger partial charge on any atom is -0.508 e. The van der Waals surface area contributed by atoms with Crippen molar-refractivity contribution in [2.45, 2.75) is 126 Å². The summed E-state index contributed by atoms with van der Waals surface area (Å²) in [5.74, 6) is -16.8. The number of aliphatic hydroxyl groups excluding tert-OH is 1. The first kappa shape index (κ1) is 122. The Morgan fingerprint density at radius 3 is 1.49 bits per heavy atom. The molecule has 10 atom stereocenters. The van der Waals surface area contributed by atoms with Gasteiger partial charge in [-0.2, -0.15) is 0 Å². The number of likely N-dealkylation sites (tertiary alicyclic amines) is 1. The topological polar surface area (TPSA) is 580 Å². The second-order valence-corrected chi connectivity index (χ2v) is 33.4. The third-order valence-electron chi connectivity index (χ3n) is 19.9. The third-order valence-corrected chi connectivity index (χ3v) is 22.3. The van der Waals surface area contributed by atoms with Crippen molar-refractivity contribution in [2.24, 2.45) is 5.92 Å². The first-order valence-electron chi connectivity index (χ1n) is 41.9. The van der Waals surface area contributed by atoms with Crippen LogP contribution in [0.1, 0.15) is 63.1 Å². The number of nitrogens with one attached hydrogen (secondary N) is 15. The molecule has 41 nitrogen and oxygen atoms in total. The number of hydrogen-bond donors (Lipinski definition) is 19. The number of phenols is 2. The second-order valence-electron chi connectivity index (χ2n) is 30.8. The molecule has 19 N–H and O–H groups in total. The van der Waals surface area contributed by atoms with Gasteiger partial charge in [-0.3, -0.25) is 72.1 Å². The maximum absolute atomic E-state index is 15.2. The van der Waals surface area contributed by atoms with E-state index in [4.69, 9.17) is 9.47 Å². The summed E-state index contributed by atoms with van der Waals surface area (Å²) in [7, 11) is 1.58. The van der Waals surface area contributed by atoms with E-state index in [0.717, 1.165) is 39.6 Å². The Kier molecular flexibility index (Phi) is 60.7. The van der Waals surface area contributed by atoms with Gasteiger partial charge >= 0.3 is 5.97 Å². The van der Waals surface area contributed by atoms with Crippen molar-refractivity contribution in [1.29, 1.82) is 0 Å². The molecule has 133 heavy (non-hydrogen) atoms. The molecule has 0 aromatic heterocycles. The smallest absolute Gasteiger partial charge is 0.305 e. The van der Waals surface area contributed by atoms with Gasteiger partial charge in [0.25, 0.3) is 0 Å². The monoisotopic (exact) mass is 2470 g/mol. The van der Waals surface area contributed by atoms with E-state index in [2.05, 4.69) is 107 Å². The number of hydrogen-bond acceptors (Lipinski definition) is 26. The molecule has 0 saturated carbocycles. The first-order chi connectivity index (χ1) is 61.5. The minimum atomic E-state index is -2.08. The normalized spacial score (nSPS) is 18.1. The van der Waals surface area contributed by atoms with Gasteiger partial charge in [-0.1, -0.05) is 114 Å². The van der Waals surface area contributed by atoms with E-state index in [1.165, 1.54) is 53.4 Å². The molecule has 2 aliphatic rings. The average Bonchev–Trinajstić information content (AvgIpc) is 1.72. The maximum Gasteiger partial charge on any atom is 0.305 e. The standard InChI is InChI=1S/C86H118N18O23S2.4Gd/c1-52(2)42-69(94-75(114)49-103(36-29-89-56(6)108)37-30-90-57(7)109)86(125)104-33-11-14-72(104)84(123)99-70-50-128-129-51-71(83(122)96-65(43-58-15-21-62(22-16-58)61-12-9-8-10-13-61)78(117)92-32-39-127-41-40-126-38-31-91-74(113)48-102(34-27-87-54(4)106)35-28-88-55(5)107)100-85(124)77(53(3)105)101-73(112)47-93-79(118)66(44-59-17-23-63(110)24-18-59)95-80(119)67(45-60-19-25-64(111)26-20-60)97-81(120)68(46-76(115)116)98-82(70)121;;;;/h8-10,12-13,15-26,52-53,65-72,77,105,110-111H,4-7,11,14,27-51H2,1-3H3,(H,87,106)(H,88,107)(H,89,108)(H,90,109)(H,91,113)(H,92,117)(H,93,118)(H,94,114)(H,95,119)(H,96,122)(H,97,120)(H,98,121)(H,99,123)(H,100,124)(H,101,112)(H,115,116);;;;/q-4;;;;/t53?,65-,66-,67-,68-,69?,70-,71-,72-,77-;;;;/m0..../s1. The molecule has 6 rings (SSSR count). The number of nitrogens with zero attached hydrogens (tertiary/aromatic N) is 3. The number of carboxylic acids is 1. The van der Waals surface area contributed by atoms with Gasteiger partial charge in [0.15, 0.2) is 0 Å². The molecule has 4 aromatic rings. The van der Waals surface area contributed by atoms with Crippen molar-refractivity contribution in [2.75, 3.05) is 130 Å². The van der Waals surface area contributed by atoms with Gasteiger partial charge in [-0.25, -0.2) is 0 Å². The average molecular weight is 2470 g/mol. The van der Waals surface area contributed by atoms with Gasteiger partial charge in [0.1, 0.15) is 65.9 Å². The number of amides is 16. The summed E-state index contributed by atoms with van der Waals surface area (Å²) < 4.78 is 11.4. The molecule has 2 aliphatic heterocycles. The Bertz CT molecular complexity index is 4390. The Morgan fingerprint density at radius 2 is 0.985 bits per heavy atom. The summed E-state index contributed by atoms with van der Waals surface area (Å²) in [5, 5.41) is 80.7. The fourth-order valence-corrected chi connectivity index (χ4v) is 15.7. The largest absolute Gasteiger partial charge is 0.508 e. The minimum absolute atomic E-state index is 0. The van der Waals surface area contributed by atoms with Crippen LogP contribution in [0, 0.1) is 193 Å². The third kappa shape index (κ3) is 48.1. The number of carboxylic acid groups (broad SMARTS) is 1. The summed E-state index contributed by atoms with van der Waals surface area (Å²) in [6.45, 7) is 17.9. The molecule has 2 fully saturated rings. The van der Waals surface area contributed by atoms with Gasteiger partial charge < -0.3 is 161 Å². The van der Waals surface area contributed by atoms with E-state index in [0.29, 0.717) is 16.7 Å². The van der Waals surface area contributed by atoms with Gasteiger partial charge in [-0.05, 0) is 84.2 Å². The summed E-state index contributed by atoms with van der Waals surface area (Å²) in [6, 6.07) is 12.2. The van der Waals surface area contributed by atoms with Crippen molar-refractivity contribution in [3.05, 3.63) is 148 Å². The van der Waals surface area contributed by atoms with E-state index in [9.17, 15) is 87.5 Å². The van der Waals surface area contributed by atoms with Crippen LogP contribution >= 0.6 is 21.6 Å². The van der Waals surface area contributed by atoms with Crippen LogP contribution in [0.5, 0.6) is 11.5 Å². The number of aliphatic hydroxyl groups is 1. The Labute approximate surface area is 908 Å². The number of aliphatic carboxylic acids is 1. The number of carbonyl (C=O) groups excluding carboxylic acids is 16. The van der Waals surface area contributed by atoms with Crippen LogP contribution in [0.3, 0.4) is 0 Å². The zero-order valence-electron chi connectivity index (χ0n) is 73.7. The van der Waals surface area contributed by atoms with Crippen LogP contribution in [0.25, 0.3) is 11.1 Å².